The lowest BCUT2D eigenvalue weighted by atomic mass is 10.1. The van der Waals surface area contributed by atoms with Gasteiger partial charge in [-0.05, 0) is 36.8 Å². The summed E-state index contributed by atoms with van der Waals surface area (Å²) in [5.74, 6) is -0.222. The molecule has 1 N–H and O–H groups in total. The number of benzene rings is 1. The second kappa shape index (κ2) is 9.68. The van der Waals surface area contributed by atoms with E-state index in [-0.39, 0.29) is 17.9 Å². The molecule has 6 heteroatoms. The Labute approximate surface area is 154 Å². The fraction of sp³-hybridized carbons (Fsp3) is 0.350. The van der Waals surface area contributed by atoms with Crippen LogP contribution < -0.4 is 5.32 Å². The van der Waals surface area contributed by atoms with Crippen molar-refractivity contribution in [3.8, 4) is 0 Å². The number of carbonyl (C=O) groups excluding carboxylic acids is 2. The van der Waals surface area contributed by atoms with Crippen molar-refractivity contribution in [1.29, 1.82) is 0 Å². The molecule has 26 heavy (non-hydrogen) atoms. The van der Waals surface area contributed by atoms with Crippen LogP contribution in [0.3, 0.4) is 0 Å². The Bertz CT molecular complexity index is 734. The van der Waals surface area contributed by atoms with Crippen molar-refractivity contribution in [3.63, 3.8) is 0 Å². The molecule has 1 atom stereocenters. The first-order chi connectivity index (χ1) is 12.6. The minimum atomic E-state index is -0.299. The fourth-order valence-electron chi connectivity index (χ4n) is 2.65. The first kappa shape index (κ1) is 19.6. The summed E-state index contributed by atoms with van der Waals surface area (Å²) in [5.41, 5.74) is 1.88. The van der Waals surface area contributed by atoms with Crippen LogP contribution in [0.1, 0.15) is 41.9 Å². The smallest absolute Gasteiger partial charge is 0.254 e. The summed E-state index contributed by atoms with van der Waals surface area (Å²) >= 11 is 0. The van der Waals surface area contributed by atoms with Gasteiger partial charge in [0, 0.05) is 38.0 Å². The second-order valence-corrected chi connectivity index (χ2v) is 6.02. The number of methoxy groups -OCH3 is 1. The zero-order valence-corrected chi connectivity index (χ0v) is 15.4. The summed E-state index contributed by atoms with van der Waals surface area (Å²) in [5, 5.41) is 2.82. The summed E-state index contributed by atoms with van der Waals surface area (Å²) in [6.07, 6.45) is 2.92. The zero-order valence-electron chi connectivity index (χ0n) is 15.4. The SMILES string of the molecule is CCCC(=O)Nc1cccc(C(=O)N(C)[C@H](COC)c2ccccn2)c1. The van der Waals surface area contributed by atoms with Crippen LogP contribution in [-0.2, 0) is 9.53 Å². The Morgan fingerprint density at radius 1 is 1.23 bits per heavy atom. The van der Waals surface area contributed by atoms with E-state index in [0.717, 1.165) is 12.1 Å². The number of amides is 2. The maximum atomic E-state index is 12.9. The van der Waals surface area contributed by atoms with Gasteiger partial charge in [-0.15, -0.1) is 0 Å². The van der Waals surface area contributed by atoms with E-state index < -0.39 is 0 Å². The van der Waals surface area contributed by atoms with Crippen molar-refractivity contribution < 1.29 is 14.3 Å². The molecule has 0 aliphatic heterocycles. The van der Waals surface area contributed by atoms with Crippen LogP contribution in [-0.4, -0.2) is 42.5 Å². The molecule has 0 radical (unpaired) electrons. The van der Waals surface area contributed by atoms with Crippen LogP contribution >= 0.6 is 0 Å². The Morgan fingerprint density at radius 3 is 2.69 bits per heavy atom. The number of nitrogens with zero attached hydrogens (tertiary/aromatic N) is 2. The topological polar surface area (TPSA) is 71.5 Å². The first-order valence-corrected chi connectivity index (χ1v) is 8.63. The number of anilines is 1. The van der Waals surface area contributed by atoms with Gasteiger partial charge in [-0.2, -0.15) is 0 Å². The van der Waals surface area contributed by atoms with Crippen molar-refractivity contribution in [2.24, 2.45) is 0 Å². The van der Waals surface area contributed by atoms with E-state index in [2.05, 4.69) is 10.3 Å². The second-order valence-electron chi connectivity index (χ2n) is 6.02. The van der Waals surface area contributed by atoms with Crippen molar-refractivity contribution in [1.82, 2.24) is 9.88 Å². The summed E-state index contributed by atoms with van der Waals surface area (Å²) in [7, 11) is 3.32. The van der Waals surface area contributed by atoms with Gasteiger partial charge in [-0.1, -0.05) is 19.1 Å². The molecule has 6 nitrogen and oxygen atoms in total. The third-order valence-electron chi connectivity index (χ3n) is 4.01. The number of nitrogens with one attached hydrogen (secondary N) is 1. The molecule has 0 unspecified atom stereocenters. The summed E-state index contributed by atoms with van der Waals surface area (Å²) in [6, 6.07) is 12.2. The van der Waals surface area contributed by atoms with Crippen LogP contribution in [0.4, 0.5) is 5.69 Å². The van der Waals surface area contributed by atoms with Crippen molar-refractivity contribution >= 4 is 17.5 Å². The molecule has 0 saturated heterocycles. The molecule has 0 aliphatic carbocycles. The zero-order chi connectivity index (χ0) is 18.9. The van der Waals surface area contributed by atoms with E-state index in [4.69, 9.17) is 4.74 Å². The molecule has 1 aromatic heterocycles. The number of rotatable bonds is 8. The van der Waals surface area contributed by atoms with Crippen LogP contribution in [0, 0.1) is 0 Å². The maximum Gasteiger partial charge on any atom is 0.254 e. The first-order valence-electron chi connectivity index (χ1n) is 8.63. The van der Waals surface area contributed by atoms with Crippen LogP contribution in [0.5, 0.6) is 0 Å². The van der Waals surface area contributed by atoms with Gasteiger partial charge in [0.2, 0.25) is 5.91 Å². The number of likely N-dealkylation sites (N-methyl/N-ethyl adjacent to an activating group) is 1. The summed E-state index contributed by atoms with van der Waals surface area (Å²) in [6.45, 7) is 2.29. The molecular formula is C20H25N3O3. The molecule has 1 heterocycles. The summed E-state index contributed by atoms with van der Waals surface area (Å²) in [4.78, 5) is 30.7. The molecule has 0 saturated carbocycles. The van der Waals surface area contributed by atoms with E-state index in [9.17, 15) is 9.59 Å². The molecule has 1 aromatic carbocycles. The molecule has 2 amide bonds. The van der Waals surface area contributed by atoms with E-state index >= 15 is 0 Å². The predicted octanol–water partition coefficient (Wildman–Crippen LogP) is 3.28. The normalized spacial score (nSPS) is 11.7. The molecular weight excluding hydrogens is 330 g/mol. The molecule has 2 rings (SSSR count). The Hall–Kier alpha value is -2.73. The van der Waals surface area contributed by atoms with E-state index in [1.807, 2.05) is 25.1 Å². The van der Waals surface area contributed by atoms with Gasteiger partial charge < -0.3 is 15.0 Å². The number of ether oxygens (including phenoxy) is 1. The largest absolute Gasteiger partial charge is 0.382 e. The number of hydrogen-bond donors (Lipinski definition) is 1. The monoisotopic (exact) mass is 355 g/mol. The lowest BCUT2D eigenvalue weighted by Gasteiger charge is -2.27. The van der Waals surface area contributed by atoms with E-state index in [1.54, 1.807) is 49.5 Å². The van der Waals surface area contributed by atoms with Gasteiger partial charge in [-0.25, -0.2) is 0 Å². The highest BCUT2D eigenvalue weighted by atomic mass is 16.5. The number of pyridine rings is 1. The predicted molar refractivity (Wildman–Crippen MR) is 101 cm³/mol. The lowest BCUT2D eigenvalue weighted by Crippen LogP contribution is -2.34. The van der Waals surface area contributed by atoms with Crippen molar-refractivity contribution in [2.45, 2.75) is 25.8 Å². The number of aromatic nitrogens is 1. The van der Waals surface area contributed by atoms with E-state index in [1.165, 1.54) is 0 Å². The van der Waals surface area contributed by atoms with Gasteiger partial charge in [0.05, 0.1) is 18.3 Å². The molecule has 0 aliphatic rings. The number of carbonyl (C=O) groups is 2. The summed E-state index contributed by atoms with van der Waals surface area (Å²) < 4.78 is 5.28. The Balaban J connectivity index is 2.19. The molecule has 0 spiro atoms. The maximum absolute atomic E-state index is 12.9. The molecule has 2 aromatic rings. The Kier molecular flexibility index (Phi) is 7.29. The van der Waals surface area contributed by atoms with Gasteiger partial charge in [0.1, 0.15) is 0 Å². The fourth-order valence-corrected chi connectivity index (χ4v) is 2.65. The van der Waals surface area contributed by atoms with Gasteiger partial charge >= 0.3 is 0 Å². The van der Waals surface area contributed by atoms with Crippen LogP contribution in [0.25, 0.3) is 0 Å². The molecule has 0 bridgehead atoms. The van der Waals surface area contributed by atoms with E-state index in [0.29, 0.717) is 24.3 Å². The van der Waals surface area contributed by atoms with Crippen LogP contribution in [0.2, 0.25) is 0 Å². The average Bonchev–Trinajstić information content (AvgIpc) is 2.66. The number of hydrogen-bond acceptors (Lipinski definition) is 4. The van der Waals surface area contributed by atoms with Gasteiger partial charge in [-0.3, -0.25) is 14.6 Å². The highest BCUT2D eigenvalue weighted by Gasteiger charge is 2.24. The van der Waals surface area contributed by atoms with Gasteiger partial charge in [0.15, 0.2) is 0 Å². The minimum Gasteiger partial charge on any atom is -0.382 e. The molecule has 0 fully saturated rings. The van der Waals surface area contributed by atoms with Crippen molar-refractivity contribution in [2.75, 3.05) is 26.1 Å². The average molecular weight is 355 g/mol. The minimum absolute atomic E-state index is 0.0591. The van der Waals surface area contributed by atoms with Crippen LogP contribution in [0.15, 0.2) is 48.7 Å². The molecule has 138 valence electrons. The highest BCUT2D eigenvalue weighted by Crippen LogP contribution is 2.21. The standard InChI is InChI=1S/C20H25N3O3/c1-4-8-19(24)22-16-10-7-9-15(13-16)20(25)23(2)18(14-26-3)17-11-5-6-12-21-17/h5-7,9-13,18H,4,8,14H2,1-3H3,(H,22,24)/t18-/m1/s1. The Morgan fingerprint density at radius 2 is 2.04 bits per heavy atom. The van der Waals surface area contributed by atoms with Gasteiger partial charge in [0.25, 0.3) is 5.91 Å². The third-order valence-corrected chi connectivity index (χ3v) is 4.01. The lowest BCUT2D eigenvalue weighted by molar-refractivity contribution is -0.116. The quantitative estimate of drug-likeness (QED) is 0.789. The highest BCUT2D eigenvalue weighted by molar-refractivity contribution is 5.97. The third kappa shape index (κ3) is 5.13. The van der Waals surface area contributed by atoms with Crippen molar-refractivity contribution in [3.05, 3.63) is 59.9 Å².